The number of hydrogen-bond acceptors (Lipinski definition) is 4. The van der Waals surface area contributed by atoms with Crippen molar-refractivity contribution in [2.75, 3.05) is 26.7 Å². The van der Waals surface area contributed by atoms with E-state index in [1.165, 1.54) is 5.56 Å². The Labute approximate surface area is 179 Å². The largest absolute Gasteiger partial charge is 0.492 e. The maximum absolute atomic E-state index is 5.76. The van der Waals surface area contributed by atoms with Crippen LogP contribution in [-0.2, 0) is 13.0 Å². The first-order chi connectivity index (χ1) is 12.6. The Kier molecular flexibility index (Phi) is 10.8. The van der Waals surface area contributed by atoms with Gasteiger partial charge in [-0.15, -0.1) is 34.2 Å². The molecule has 150 valence electrons. The first kappa shape index (κ1) is 23.2. The fourth-order valence-corrected chi connectivity index (χ4v) is 2.54. The van der Waals surface area contributed by atoms with Gasteiger partial charge in [0, 0.05) is 26.6 Å². The van der Waals surface area contributed by atoms with Gasteiger partial charge in [-0.3, -0.25) is 4.99 Å². The number of aliphatic imine (C=N–C) groups is 1. The summed E-state index contributed by atoms with van der Waals surface area (Å²) in [5.74, 6) is 3.17. The highest BCUT2D eigenvalue weighted by Gasteiger charge is 2.03. The molecule has 0 radical (unpaired) electrons. The van der Waals surface area contributed by atoms with E-state index in [2.05, 4.69) is 58.7 Å². The normalized spacial score (nSPS) is 11.2. The van der Waals surface area contributed by atoms with E-state index in [1.807, 2.05) is 16.7 Å². The number of nitrogens with one attached hydrogen (secondary N) is 2. The van der Waals surface area contributed by atoms with Crippen molar-refractivity contribution >= 4 is 29.9 Å². The number of rotatable bonds is 9. The number of ether oxygens (including phenoxy) is 1. The zero-order chi connectivity index (χ0) is 18.8. The van der Waals surface area contributed by atoms with Crippen LogP contribution in [-0.4, -0.2) is 47.5 Å². The smallest absolute Gasteiger partial charge is 0.191 e. The zero-order valence-electron chi connectivity index (χ0n) is 16.6. The summed E-state index contributed by atoms with van der Waals surface area (Å²) in [5, 5.41) is 14.6. The predicted octanol–water partition coefficient (Wildman–Crippen LogP) is 2.83. The Balaban J connectivity index is 0.00000364. The molecule has 1 aromatic heterocycles. The highest BCUT2D eigenvalue weighted by atomic mass is 127. The second kappa shape index (κ2) is 12.5. The van der Waals surface area contributed by atoms with Gasteiger partial charge < -0.3 is 19.9 Å². The molecule has 27 heavy (non-hydrogen) atoms. The second-order valence-corrected chi connectivity index (χ2v) is 6.29. The van der Waals surface area contributed by atoms with Crippen LogP contribution >= 0.6 is 24.0 Å². The number of benzene rings is 1. The van der Waals surface area contributed by atoms with Crippen LogP contribution in [0.15, 0.2) is 35.6 Å². The third kappa shape index (κ3) is 7.74. The summed E-state index contributed by atoms with van der Waals surface area (Å²) >= 11 is 0. The van der Waals surface area contributed by atoms with Crippen LogP contribution in [0.1, 0.15) is 38.1 Å². The maximum Gasteiger partial charge on any atom is 0.191 e. The van der Waals surface area contributed by atoms with Gasteiger partial charge in [-0.25, -0.2) is 0 Å². The van der Waals surface area contributed by atoms with E-state index in [4.69, 9.17) is 4.74 Å². The average molecular weight is 486 g/mol. The van der Waals surface area contributed by atoms with E-state index in [1.54, 1.807) is 13.4 Å². The molecule has 2 N–H and O–H groups in total. The number of nitrogens with zero attached hydrogens (tertiary/aromatic N) is 4. The molecule has 0 amide bonds. The molecular formula is C19H31IN6O. The quantitative estimate of drug-likeness (QED) is 0.247. The summed E-state index contributed by atoms with van der Waals surface area (Å²) in [6.07, 6.45) is 2.64. The minimum Gasteiger partial charge on any atom is -0.492 e. The molecule has 2 aromatic rings. The summed E-state index contributed by atoms with van der Waals surface area (Å²) < 4.78 is 7.81. The van der Waals surface area contributed by atoms with Gasteiger partial charge in [0.05, 0.1) is 6.54 Å². The molecule has 0 bridgehead atoms. The van der Waals surface area contributed by atoms with Crippen molar-refractivity contribution in [3.63, 3.8) is 0 Å². The monoisotopic (exact) mass is 486 g/mol. The van der Waals surface area contributed by atoms with Crippen molar-refractivity contribution in [1.29, 1.82) is 0 Å². The lowest BCUT2D eigenvalue weighted by molar-refractivity contribution is 0.322. The Bertz CT molecular complexity index is 684. The fourth-order valence-electron chi connectivity index (χ4n) is 2.54. The van der Waals surface area contributed by atoms with Gasteiger partial charge in [0.2, 0.25) is 0 Å². The van der Waals surface area contributed by atoms with E-state index in [-0.39, 0.29) is 24.0 Å². The lowest BCUT2D eigenvalue weighted by atomic mass is 10.0. The Morgan fingerprint density at radius 1 is 1.19 bits per heavy atom. The van der Waals surface area contributed by atoms with Crippen molar-refractivity contribution in [3.8, 4) is 5.75 Å². The minimum absolute atomic E-state index is 0. The van der Waals surface area contributed by atoms with Crippen LogP contribution in [0.25, 0.3) is 0 Å². The van der Waals surface area contributed by atoms with E-state index in [9.17, 15) is 0 Å². The fraction of sp³-hybridized carbons (Fsp3) is 0.526. The molecule has 0 unspecified atom stereocenters. The van der Waals surface area contributed by atoms with E-state index < -0.39 is 0 Å². The minimum atomic E-state index is 0. The zero-order valence-corrected chi connectivity index (χ0v) is 18.9. The van der Waals surface area contributed by atoms with Gasteiger partial charge >= 0.3 is 0 Å². The molecule has 0 saturated carbocycles. The van der Waals surface area contributed by atoms with Gasteiger partial charge in [-0.05, 0) is 23.6 Å². The third-order valence-electron chi connectivity index (χ3n) is 4.09. The van der Waals surface area contributed by atoms with E-state index >= 15 is 0 Å². The van der Waals surface area contributed by atoms with Crippen LogP contribution < -0.4 is 15.4 Å². The summed E-state index contributed by atoms with van der Waals surface area (Å²) in [6.45, 7) is 9.25. The van der Waals surface area contributed by atoms with Gasteiger partial charge in [-0.2, -0.15) is 0 Å². The van der Waals surface area contributed by atoms with Gasteiger partial charge in [0.25, 0.3) is 0 Å². The molecule has 0 aliphatic carbocycles. The molecule has 0 fully saturated rings. The first-order valence-electron chi connectivity index (χ1n) is 9.18. The maximum atomic E-state index is 5.76. The number of aromatic nitrogens is 3. The van der Waals surface area contributed by atoms with Crippen molar-refractivity contribution < 1.29 is 4.74 Å². The van der Waals surface area contributed by atoms with Crippen molar-refractivity contribution in [2.45, 2.75) is 39.7 Å². The third-order valence-corrected chi connectivity index (χ3v) is 4.09. The van der Waals surface area contributed by atoms with Crippen LogP contribution in [0.3, 0.4) is 0 Å². The SMILES string of the molecule is CCc1nncn1CCNC(=NC)NCCOc1ccc(C(C)C)cc1.I. The molecule has 0 aliphatic heterocycles. The summed E-state index contributed by atoms with van der Waals surface area (Å²) in [7, 11) is 1.76. The Morgan fingerprint density at radius 2 is 1.89 bits per heavy atom. The average Bonchev–Trinajstić information content (AvgIpc) is 3.11. The summed E-state index contributed by atoms with van der Waals surface area (Å²) in [5.41, 5.74) is 1.32. The van der Waals surface area contributed by atoms with Crippen LogP contribution in [0.4, 0.5) is 0 Å². The highest BCUT2D eigenvalue weighted by Crippen LogP contribution is 2.18. The molecule has 0 saturated heterocycles. The molecule has 7 nitrogen and oxygen atoms in total. The lowest BCUT2D eigenvalue weighted by Gasteiger charge is -2.13. The number of aryl methyl sites for hydroxylation is 1. The molecule has 0 spiro atoms. The summed E-state index contributed by atoms with van der Waals surface area (Å²) in [6, 6.07) is 8.27. The topological polar surface area (TPSA) is 76.4 Å². The standard InChI is InChI=1S/C19H30N6O.HI/c1-5-18-24-23-14-25(18)12-10-21-19(20-4)22-11-13-26-17-8-6-16(7-9-17)15(2)3;/h6-9,14-15H,5,10-13H2,1-4H3,(H2,20,21,22);1H. The van der Waals surface area contributed by atoms with Crippen LogP contribution in [0, 0.1) is 0 Å². The predicted molar refractivity (Wildman–Crippen MR) is 120 cm³/mol. The van der Waals surface area contributed by atoms with E-state index in [0.29, 0.717) is 19.1 Å². The molecule has 2 rings (SSSR count). The number of guanidine groups is 1. The van der Waals surface area contributed by atoms with Gasteiger partial charge in [-0.1, -0.05) is 32.9 Å². The van der Waals surface area contributed by atoms with Crippen molar-refractivity contribution in [3.05, 3.63) is 42.0 Å². The van der Waals surface area contributed by atoms with Crippen LogP contribution in [0.5, 0.6) is 5.75 Å². The first-order valence-corrected chi connectivity index (χ1v) is 9.18. The molecule has 0 atom stereocenters. The van der Waals surface area contributed by atoms with Crippen LogP contribution in [0.2, 0.25) is 0 Å². The molecule has 8 heteroatoms. The highest BCUT2D eigenvalue weighted by molar-refractivity contribution is 14.0. The Hall–Kier alpha value is -1.84. The van der Waals surface area contributed by atoms with Gasteiger partial charge in [0.1, 0.15) is 24.5 Å². The van der Waals surface area contributed by atoms with Crippen molar-refractivity contribution in [2.24, 2.45) is 4.99 Å². The van der Waals surface area contributed by atoms with Crippen molar-refractivity contribution in [1.82, 2.24) is 25.4 Å². The second-order valence-electron chi connectivity index (χ2n) is 6.29. The number of halogens is 1. The molecular weight excluding hydrogens is 455 g/mol. The summed E-state index contributed by atoms with van der Waals surface area (Å²) in [4.78, 5) is 4.22. The molecule has 1 heterocycles. The van der Waals surface area contributed by atoms with Gasteiger partial charge in [0.15, 0.2) is 5.96 Å². The molecule has 1 aromatic carbocycles. The lowest BCUT2D eigenvalue weighted by Crippen LogP contribution is -2.40. The Morgan fingerprint density at radius 3 is 2.52 bits per heavy atom. The van der Waals surface area contributed by atoms with E-state index in [0.717, 1.165) is 37.0 Å². The number of hydrogen-bond donors (Lipinski definition) is 2. The molecule has 0 aliphatic rings.